The quantitative estimate of drug-likeness (QED) is 0.846. The molecule has 0 saturated heterocycles. The molecule has 0 radical (unpaired) electrons. The summed E-state index contributed by atoms with van der Waals surface area (Å²) in [6.45, 7) is 0.466. The van der Waals surface area contributed by atoms with Crippen LogP contribution in [0.3, 0.4) is 0 Å². The lowest BCUT2D eigenvalue weighted by Gasteiger charge is -2.15. The Morgan fingerprint density at radius 1 is 1.50 bits per heavy atom. The van der Waals surface area contributed by atoms with E-state index in [2.05, 4.69) is 29.6 Å². The van der Waals surface area contributed by atoms with E-state index in [1.54, 1.807) is 7.11 Å². The van der Waals surface area contributed by atoms with Gasteiger partial charge in [0.25, 0.3) is 0 Å². The molecule has 4 atom stereocenters. The number of alkyl halides is 1. The maximum atomic E-state index is 12.4. The Hall–Kier alpha value is -1.06. The summed E-state index contributed by atoms with van der Waals surface area (Å²) in [5.74, 6) is 1.58. The van der Waals surface area contributed by atoms with E-state index < -0.39 is 0 Å². The molecule has 4 unspecified atom stereocenters. The first-order valence-electron chi connectivity index (χ1n) is 7.19. The molecular weight excluding hydrogens is 274 g/mol. The summed E-state index contributed by atoms with van der Waals surface area (Å²) >= 11 is 5.85. The number of aryl methyl sites for hydroxylation is 1. The zero-order valence-corrected chi connectivity index (χ0v) is 12.4. The molecule has 3 nitrogen and oxygen atoms in total. The van der Waals surface area contributed by atoms with E-state index in [9.17, 15) is 4.79 Å². The van der Waals surface area contributed by atoms with Gasteiger partial charge in [0.05, 0.1) is 12.6 Å². The number of ether oxygens (including phenoxy) is 1. The van der Waals surface area contributed by atoms with Gasteiger partial charge in [-0.15, -0.1) is 11.6 Å². The Morgan fingerprint density at radius 3 is 3.05 bits per heavy atom. The molecule has 0 bridgehead atoms. The lowest BCUT2D eigenvalue weighted by atomic mass is 9.92. The molecule has 0 aliphatic heterocycles. The predicted octanol–water partition coefficient (Wildman–Crippen LogP) is 2.33. The summed E-state index contributed by atoms with van der Waals surface area (Å²) < 4.78 is 5.07. The minimum atomic E-state index is -0.0907. The van der Waals surface area contributed by atoms with Crippen molar-refractivity contribution in [2.24, 2.45) is 11.8 Å². The minimum absolute atomic E-state index is 0.0907. The minimum Gasteiger partial charge on any atom is -0.383 e. The Labute approximate surface area is 124 Å². The highest BCUT2D eigenvalue weighted by Gasteiger charge is 2.57. The zero-order chi connectivity index (χ0) is 14.1. The molecule has 0 aromatic heterocycles. The second kappa shape index (κ2) is 5.74. The summed E-state index contributed by atoms with van der Waals surface area (Å²) in [5, 5.41) is 3.02. The van der Waals surface area contributed by atoms with Crippen LogP contribution in [0.2, 0.25) is 0 Å². The lowest BCUT2D eigenvalue weighted by Crippen LogP contribution is -2.40. The van der Waals surface area contributed by atoms with E-state index in [4.69, 9.17) is 16.3 Å². The summed E-state index contributed by atoms with van der Waals surface area (Å²) in [6, 6.07) is 8.42. The second-order valence-corrected chi connectivity index (χ2v) is 6.08. The fourth-order valence-electron chi connectivity index (χ4n) is 3.55. The molecule has 0 spiro atoms. The molecule has 1 aromatic carbocycles. The third-order valence-electron chi connectivity index (χ3n) is 4.53. The van der Waals surface area contributed by atoms with Crippen molar-refractivity contribution in [2.75, 3.05) is 19.6 Å². The van der Waals surface area contributed by atoms with E-state index in [0.717, 1.165) is 12.8 Å². The number of methoxy groups -OCH3 is 1. The first-order chi connectivity index (χ1) is 9.76. The van der Waals surface area contributed by atoms with Crippen LogP contribution in [0, 0.1) is 11.8 Å². The maximum Gasteiger partial charge on any atom is 0.224 e. The average molecular weight is 294 g/mol. The van der Waals surface area contributed by atoms with Crippen LogP contribution in [0.5, 0.6) is 0 Å². The van der Waals surface area contributed by atoms with Crippen molar-refractivity contribution in [3.8, 4) is 0 Å². The van der Waals surface area contributed by atoms with Crippen molar-refractivity contribution >= 4 is 17.5 Å². The van der Waals surface area contributed by atoms with Gasteiger partial charge in [0.1, 0.15) is 0 Å². The molecule has 4 heteroatoms. The van der Waals surface area contributed by atoms with Crippen LogP contribution in [0.1, 0.15) is 23.5 Å². The number of halogens is 1. The largest absolute Gasteiger partial charge is 0.383 e. The topological polar surface area (TPSA) is 38.3 Å². The molecule has 3 rings (SSSR count). The van der Waals surface area contributed by atoms with Crippen molar-refractivity contribution in [2.45, 2.75) is 24.8 Å². The molecule has 1 saturated carbocycles. The molecule has 1 N–H and O–H groups in total. The van der Waals surface area contributed by atoms with Gasteiger partial charge in [0, 0.05) is 18.9 Å². The monoisotopic (exact) mass is 293 g/mol. The fraction of sp³-hybridized carbons (Fsp3) is 0.562. The third kappa shape index (κ3) is 2.45. The summed E-state index contributed by atoms with van der Waals surface area (Å²) in [7, 11) is 1.62. The number of rotatable bonds is 5. The van der Waals surface area contributed by atoms with Crippen molar-refractivity contribution < 1.29 is 9.53 Å². The van der Waals surface area contributed by atoms with Gasteiger partial charge in [-0.3, -0.25) is 4.79 Å². The number of benzene rings is 1. The standard InChI is InChI=1S/C16H20ClNO2/c1-20-9-11(8-17)18-16(19)15-13-7-6-10-4-2-3-5-12(10)14(13)15/h2-5,11,13-15H,6-9H2,1H3,(H,18,19). The van der Waals surface area contributed by atoms with Gasteiger partial charge < -0.3 is 10.1 Å². The lowest BCUT2D eigenvalue weighted by molar-refractivity contribution is -0.123. The Kier molecular flexibility index (Phi) is 3.99. The second-order valence-electron chi connectivity index (χ2n) is 5.77. The van der Waals surface area contributed by atoms with Gasteiger partial charge in [-0.05, 0) is 35.8 Å². The average Bonchev–Trinajstić information content (AvgIpc) is 3.21. The number of hydrogen-bond acceptors (Lipinski definition) is 2. The van der Waals surface area contributed by atoms with E-state index in [-0.39, 0.29) is 17.9 Å². The maximum absolute atomic E-state index is 12.4. The van der Waals surface area contributed by atoms with Crippen LogP contribution in [0.4, 0.5) is 0 Å². The fourth-order valence-corrected chi connectivity index (χ4v) is 3.71. The van der Waals surface area contributed by atoms with Crippen molar-refractivity contribution in [1.29, 1.82) is 0 Å². The zero-order valence-electron chi connectivity index (χ0n) is 11.6. The molecule has 1 fully saturated rings. The van der Waals surface area contributed by atoms with Crippen LogP contribution in [-0.2, 0) is 16.0 Å². The molecule has 2 aliphatic carbocycles. The molecule has 2 aliphatic rings. The molecule has 20 heavy (non-hydrogen) atoms. The van der Waals surface area contributed by atoms with Crippen LogP contribution < -0.4 is 5.32 Å². The van der Waals surface area contributed by atoms with Crippen LogP contribution in [-0.4, -0.2) is 31.5 Å². The van der Waals surface area contributed by atoms with Crippen LogP contribution >= 0.6 is 11.6 Å². The van der Waals surface area contributed by atoms with Gasteiger partial charge in [0.15, 0.2) is 0 Å². The summed E-state index contributed by atoms with van der Waals surface area (Å²) in [4.78, 5) is 12.4. The summed E-state index contributed by atoms with van der Waals surface area (Å²) in [6.07, 6.45) is 2.22. The third-order valence-corrected chi connectivity index (χ3v) is 4.91. The van der Waals surface area contributed by atoms with Crippen molar-refractivity contribution in [1.82, 2.24) is 5.32 Å². The normalized spacial score (nSPS) is 28.2. The molecule has 1 amide bonds. The Morgan fingerprint density at radius 2 is 2.30 bits per heavy atom. The first-order valence-corrected chi connectivity index (χ1v) is 7.72. The highest BCUT2D eigenvalue weighted by atomic mass is 35.5. The first kappa shape index (κ1) is 13.9. The van der Waals surface area contributed by atoms with Crippen LogP contribution in [0.15, 0.2) is 24.3 Å². The number of carbonyl (C=O) groups excluding carboxylic acids is 1. The summed E-state index contributed by atoms with van der Waals surface area (Å²) in [5.41, 5.74) is 2.79. The van der Waals surface area contributed by atoms with E-state index in [1.165, 1.54) is 11.1 Å². The Balaban J connectivity index is 1.68. The predicted molar refractivity (Wildman–Crippen MR) is 79.0 cm³/mol. The molecule has 0 heterocycles. The van der Waals surface area contributed by atoms with E-state index in [0.29, 0.717) is 24.3 Å². The van der Waals surface area contributed by atoms with Crippen LogP contribution in [0.25, 0.3) is 0 Å². The molecule has 1 aromatic rings. The number of amides is 1. The molecular formula is C16H20ClNO2. The van der Waals surface area contributed by atoms with Gasteiger partial charge >= 0.3 is 0 Å². The van der Waals surface area contributed by atoms with Gasteiger partial charge in [-0.2, -0.15) is 0 Å². The van der Waals surface area contributed by atoms with Crippen molar-refractivity contribution in [3.05, 3.63) is 35.4 Å². The number of fused-ring (bicyclic) bond motifs is 3. The van der Waals surface area contributed by atoms with E-state index >= 15 is 0 Å². The van der Waals surface area contributed by atoms with Gasteiger partial charge in [-0.1, -0.05) is 24.3 Å². The highest BCUT2D eigenvalue weighted by Crippen LogP contribution is 2.59. The highest BCUT2D eigenvalue weighted by molar-refractivity contribution is 6.18. The number of nitrogens with one attached hydrogen (secondary N) is 1. The number of hydrogen-bond donors (Lipinski definition) is 1. The van der Waals surface area contributed by atoms with E-state index in [1.807, 2.05) is 0 Å². The number of carbonyl (C=O) groups is 1. The van der Waals surface area contributed by atoms with Gasteiger partial charge in [0.2, 0.25) is 5.91 Å². The molecule has 108 valence electrons. The van der Waals surface area contributed by atoms with Crippen molar-refractivity contribution in [3.63, 3.8) is 0 Å². The van der Waals surface area contributed by atoms with Gasteiger partial charge in [-0.25, -0.2) is 0 Å². The Bertz CT molecular complexity index is 505. The SMILES string of the molecule is COCC(CCl)NC(=O)C1C2CCc3ccccc3C21. The smallest absolute Gasteiger partial charge is 0.224 e.